The van der Waals surface area contributed by atoms with Crippen LogP contribution in [-0.2, 0) is 0 Å². The first-order valence-electron chi connectivity index (χ1n) is 7.09. The summed E-state index contributed by atoms with van der Waals surface area (Å²) in [6, 6.07) is 1.36. The van der Waals surface area contributed by atoms with E-state index in [2.05, 4.69) is 38.7 Å². The Kier molecular flexibility index (Phi) is 7.81. The Morgan fingerprint density at radius 1 is 1.17 bits per heavy atom. The Bertz CT molecular complexity index is 292. The maximum Gasteiger partial charge on any atom is 0.0483 e. The molecular weight excluding hydrogens is 272 g/mol. The highest BCUT2D eigenvalue weighted by molar-refractivity contribution is 8.22. The molecule has 0 aromatic heterocycles. The maximum absolute atomic E-state index is 2.47. The fourth-order valence-corrected chi connectivity index (χ4v) is 6.44. The first-order valence-corrected chi connectivity index (χ1v) is 12.8. The predicted octanol–water partition coefficient (Wildman–Crippen LogP) is 6.15. The second kappa shape index (κ2) is 8.54. The highest BCUT2D eigenvalue weighted by Gasteiger charge is 2.12. The monoisotopic (exact) mass is 300 g/mol. The molecular formula is C15H28S2Si. The average molecular weight is 301 g/mol. The minimum absolute atomic E-state index is 0.902. The third-order valence-corrected chi connectivity index (χ3v) is 7.01. The Balaban J connectivity index is 2.15. The lowest BCUT2D eigenvalue weighted by Crippen LogP contribution is -2.19. The zero-order valence-electron chi connectivity index (χ0n) is 12.4. The summed E-state index contributed by atoms with van der Waals surface area (Å²) >= 11 is 4.10. The van der Waals surface area contributed by atoms with Crippen LogP contribution in [0.2, 0.25) is 25.7 Å². The van der Waals surface area contributed by atoms with Crippen LogP contribution < -0.4 is 0 Å². The van der Waals surface area contributed by atoms with Gasteiger partial charge in [0.1, 0.15) is 0 Å². The van der Waals surface area contributed by atoms with E-state index in [1.54, 1.807) is 9.81 Å². The largest absolute Gasteiger partial charge is 0.120 e. The van der Waals surface area contributed by atoms with Gasteiger partial charge < -0.3 is 0 Å². The molecule has 0 aliphatic carbocycles. The van der Waals surface area contributed by atoms with Gasteiger partial charge in [0, 0.05) is 12.3 Å². The molecule has 0 N–H and O–H groups in total. The maximum atomic E-state index is 2.47. The van der Waals surface area contributed by atoms with E-state index in [0.717, 1.165) is 0 Å². The third kappa shape index (κ3) is 8.49. The summed E-state index contributed by atoms with van der Waals surface area (Å²) < 4.78 is 1.57. The summed E-state index contributed by atoms with van der Waals surface area (Å²) in [4.78, 5) is 0. The van der Waals surface area contributed by atoms with Crippen molar-refractivity contribution in [3.63, 3.8) is 0 Å². The van der Waals surface area contributed by atoms with Gasteiger partial charge in [-0.1, -0.05) is 37.4 Å². The van der Waals surface area contributed by atoms with Crippen LogP contribution in [0.15, 0.2) is 22.0 Å². The predicted molar refractivity (Wildman–Crippen MR) is 93.4 cm³/mol. The Morgan fingerprint density at radius 3 is 2.44 bits per heavy atom. The van der Waals surface area contributed by atoms with Crippen molar-refractivity contribution in [3.05, 3.63) is 22.0 Å². The molecule has 0 nitrogen and oxygen atoms in total. The highest BCUT2D eigenvalue weighted by atomic mass is 32.2. The molecule has 1 saturated heterocycles. The van der Waals surface area contributed by atoms with E-state index in [0.29, 0.717) is 0 Å². The van der Waals surface area contributed by atoms with E-state index in [4.69, 9.17) is 0 Å². The van der Waals surface area contributed by atoms with Gasteiger partial charge in [-0.2, -0.15) is 0 Å². The van der Waals surface area contributed by atoms with Crippen LogP contribution in [0.1, 0.15) is 32.6 Å². The van der Waals surface area contributed by atoms with Crippen LogP contribution in [0.3, 0.4) is 0 Å². The topological polar surface area (TPSA) is 0 Å². The molecule has 0 unspecified atom stereocenters. The molecule has 1 aliphatic rings. The standard InChI is InChI=1S/C15H28S2Si/c1-14(13-18(2,3)4)9-6-5-7-10-15-16-11-8-12-17-15/h9-10H,5-8,11-13H2,1-4H3/b14-9+. The zero-order chi connectivity index (χ0) is 13.4. The van der Waals surface area contributed by atoms with Gasteiger partial charge >= 0.3 is 0 Å². The van der Waals surface area contributed by atoms with Crippen molar-refractivity contribution in [2.45, 2.75) is 58.3 Å². The van der Waals surface area contributed by atoms with Gasteiger partial charge in [0.2, 0.25) is 0 Å². The summed E-state index contributed by atoms with van der Waals surface area (Å²) in [6.45, 7) is 9.66. The first-order chi connectivity index (χ1) is 8.47. The van der Waals surface area contributed by atoms with Crippen molar-refractivity contribution < 1.29 is 0 Å². The van der Waals surface area contributed by atoms with E-state index in [1.807, 2.05) is 23.5 Å². The lowest BCUT2D eigenvalue weighted by Gasteiger charge is -2.15. The lowest BCUT2D eigenvalue weighted by atomic mass is 10.2. The molecule has 104 valence electrons. The van der Waals surface area contributed by atoms with Crippen LogP contribution in [0.4, 0.5) is 0 Å². The van der Waals surface area contributed by atoms with E-state index in [9.17, 15) is 0 Å². The number of hydrogen-bond acceptors (Lipinski definition) is 2. The summed E-state index contributed by atoms with van der Waals surface area (Å²) in [5.41, 5.74) is 1.61. The minimum Gasteiger partial charge on any atom is -0.120 e. The van der Waals surface area contributed by atoms with Crippen molar-refractivity contribution in [1.82, 2.24) is 0 Å². The molecule has 0 aromatic carbocycles. The summed E-state index contributed by atoms with van der Waals surface area (Å²) in [5, 5.41) is 0. The second-order valence-corrected chi connectivity index (χ2v) is 14.3. The average Bonchev–Trinajstić information content (AvgIpc) is 2.27. The molecule has 1 heterocycles. The number of allylic oxidation sites excluding steroid dienone is 3. The molecule has 1 fully saturated rings. The van der Waals surface area contributed by atoms with Crippen LogP contribution in [-0.4, -0.2) is 19.6 Å². The molecule has 0 atom stereocenters. The van der Waals surface area contributed by atoms with Crippen LogP contribution >= 0.6 is 23.5 Å². The summed E-state index contributed by atoms with van der Waals surface area (Å²) in [7, 11) is -0.902. The van der Waals surface area contributed by atoms with Crippen molar-refractivity contribution in [3.8, 4) is 0 Å². The first kappa shape index (κ1) is 16.5. The molecule has 0 bridgehead atoms. The molecule has 1 rings (SSSR count). The van der Waals surface area contributed by atoms with Crippen LogP contribution in [0, 0.1) is 0 Å². The molecule has 3 heteroatoms. The Labute approximate surface area is 123 Å². The molecule has 0 amide bonds. The number of rotatable bonds is 6. The van der Waals surface area contributed by atoms with Gasteiger partial charge in [0.25, 0.3) is 0 Å². The molecule has 18 heavy (non-hydrogen) atoms. The minimum atomic E-state index is -0.902. The number of hydrogen-bond donors (Lipinski definition) is 0. The Hall–Kier alpha value is 0.397. The second-order valence-electron chi connectivity index (χ2n) is 6.29. The molecule has 0 saturated carbocycles. The molecule has 0 radical (unpaired) electrons. The fraction of sp³-hybridized carbons (Fsp3) is 0.733. The number of thioether (sulfide) groups is 2. The van der Waals surface area contributed by atoms with Crippen molar-refractivity contribution in [1.29, 1.82) is 0 Å². The molecule has 0 spiro atoms. The SMILES string of the molecule is C/C(=C\CCCC=C1SCCCS1)C[Si](C)(C)C. The smallest absolute Gasteiger partial charge is 0.0483 e. The number of unbranched alkanes of at least 4 members (excludes halogenated alkanes) is 2. The van der Waals surface area contributed by atoms with Crippen molar-refractivity contribution in [2.24, 2.45) is 0 Å². The van der Waals surface area contributed by atoms with Gasteiger partial charge in [-0.15, -0.1) is 23.5 Å². The highest BCUT2D eigenvalue weighted by Crippen LogP contribution is 2.34. The van der Waals surface area contributed by atoms with Gasteiger partial charge in [0.05, 0.1) is 0 Å². The fourth-order valence-electron chi connectivity index (χ4n) is 2.16. The van der Waals surface area contributed by atoms with Gasteiger partial charge in [-0.25, -0.2) is 0 Å². The van der Waals surface area contributed by atoms with Gasteiger partial charge in [-0.05, 0) is 50.2 Å². The van der Waals surface area contributed by atoms with Crippen LogP contribution in [0.5, 0.6) is 0 Å². The van der Waals surface area contributed by atoms with E-state index in [-0.39, 0.29) is 0 Å². The van der Waals surface area contributed by atoms with Crippen LogP contribution in [0.25, 0.3) is 0 Å². The molecule has 1 aliphatic heterocycles. The summed E-state index contributed by atoms with van der Waals surface area (Å²) in [5.74, 6) is 2.65. The van der Waals surface area contributed by atoms with Crippen molar-refractivity contribution in [2.75, 3.05) is 11.5 Å². The quantitative estimate of drug-likeness (QED) is 0.327. The molecule has 0 aromatic rings. The van der Waals surface area contributed by atoms with E-state index in [1.165, 1.54) is 43.2 Å². The van der Waals surface area contributed by atoms with Crippen molar-refractivity contribution >= 4 is 31.6 Å². The van der Waals surface area contributed by atoms with Gasteiger partial charge in [-0.3, -0.25) is 0 Å². The normalized spacial score (nSPS) is 18.0. The third-order valence-electron chi connectivity index (χ3n) is 2.80. The van der Waals surface area contributed by atoms with Gasteiger partial charge in [0.15, 0.2) is 0 Å². The Morgan fingerprint density at radius 2 is 1.83 bits per heavy atom. The van der Waals surface area contributed by atoms with E-state index < -0.39 is 8.07 Å². The zero-order valence-corrected chi connectivity index (χ0v) is 15.1. The lowest BCUT2D eigenvalue weighted by molar-refractivity contribution is 0.862. The summed E-state index contributed by atoms with van der Waals surface area (Å²) in [6.07, 6.45) is 10.1. The van der Waals surface area contributed by atoms with E-state index >= 15 is 0 Å².